The van der Waals surface area contributed by atoms with Gasteiger partial charge in [0.1, 0.15) is 23.0 Å². The van der Waals surface area contributed by atoms with Crippen molar-refractivity contribution in [1.82, 2.24) is 14.0 Å². The molecule has 3 aromatic heterocycles. The van der Waals surface area contributed by atoms with Gasteiger partial charge in [0.25, 0.3) is 0 Å². The van der Waals surface area contributed by atoms with E-state index < -0.39 is 0 Å². The zero-order valence-corrected chi connectivity index (χ0v) is 16.4. The van der Waals surface area contributed by atoms with Gasteiger partial charge in [-0.2, -0.15) is 0 Å². The quantitative estimate of drug-likeness (QED) is 0.351. The molecule has 0 saturated heterocycles. The lowest BCUT2D eigenvalue weighted by molar-refractivity contribution is 0.626. The Bertz CT molecular complexity index is 1410. The lowest BCUT2D eigenvalue weighted by atomic mass is 10.2. The van der Waals surface area contributed by atoms with E-state index in [0.29, 0.717) is 6.54 Å². The molecule has 0 radical (unpaired) electrons. The van der Waals surface area contributed by atoms with Crippen molar-refractivity contribution in [2.75, 3.05) is 0 Å². The Morgan fingerprint density at radius 1 is 0.967 bits per heavy atom. The van der Waals surface area contributed by atoms with E-state index in [4.69, 9.17) is 4.98 Å². The SMILES string of the molecule is C=Cc1ccn2c(C)c(-c3cc4ccc(F)cc4n3Cc3ccc(F)cc3)nc2c1. The van der Waals surface area contributed by atoms with Gasteiger partial charge in [-0.1, -0.05) is 24.8 Å². The Balaban J connectivity index is 1.74. The van der Waals surface area contributed by atoms with Gasteiger partial charge < -0.3 is 8.97 Å². The predicted octanol–water partition coefficient (Wildman–Crippen LogP) is 6.23. The number of fused-ring (bicyclic) bond motifs is 2. The Morgan fingerprint density at radius 3 is 2.50 bits per heavy atom. The maximum Gasteiger partial charge on any atom is 0.138 e. The maximum absolute atomic E-state index is 14.1. The lowest BCUT2D eigenvalue weighted by Gasteiger charge is -2.11. The molecule has 0 aliphatic rings. The molecule has 0 atom stereocenters. The Labute approximate surface area is 172 Å². The molecule has 0 aliphatic heterocycles. The highest BCUT2D eigenvalue weighted by atomic mass is 19.1. The molecule has 0 N–H and O–H groups in total. The second-order valence-electron chi connectivity index (χ2n) is 7.38. The second-order valence-corrected chi connectivity index (χ2v) is 7.38. The van der Waals surface area contributed by atoms with E-state index in [2.05, 4.69) is 6.58 Å². The van der Waals surface area contributed by atoms with Gasteiger partial charge in [0.05, 0.1) is 11.2 Å². The standard InChI is InChI=1S/C25H19F2N3/c1-3-17-10-11-29-16(2)25(28-24(29)12-17)23-13-19-6-9-21(27)14-22(19)30(23)15-18-4-7-20(26)8-5-18/h3-14H,1,15H2,2H3. The van der Waals surface area contributed by atoms with Crippen molar-refractivity contribution in [2.24, 2.45) is 0 Å². The maximum atomic E-state index is 14.1. The van der Waals surface area contributed by atoms with Gasteiger partial charge in [0, 0.05) is 23.8 Å². The molecule has 2 aromatic carbocycles. The summed E-state index contributed by atoms with van der Waals surface area (Å²) in [4.78, 5) is 4.87. The zero-order valence-electron chi connectivity index (χ0n) is 16.4. The third-order valence-electron chi connectivity index (χ3n) is 5.49. The van der Waals surface area contributed by atoms with Gasteiger partial charge in [0.2, 0.25) is 0 Å². The van der Waals surface area contributed by atoms with Gasteiger partial charge in [-0.15, -0.1) is 0 Å². The van der Waals surface area contributed by atoms with Crippen molar-refractivity contribution in [3.8, 4) is 11.4 Å². The Kier molecular flexibility index (Phi) is 4.24. The van der Waals surface area contributed by atoms with E-state index >= 15 is 0 Å². The minimum Gasteiger partial charge on any atom is -0.335 e. The van der Waals surface area contributed by atoms with E-state index in [1.807, 2.05) is 40.3 Å². The third-order valence-corrected chi connectivity index (χ3v) is 5.49. The summed E-state index contributed by atoms with van der Waals surface area (Å²) in [7, 11) is 0. The Hall–Kier alpha value is -3.73. The van der Waals surface area contributed by atoms with Crippen LogP contribution in [0.5, 0.6) is 0 Å². The molecule has 0 aliphatic carbocycles. The van der Waals surface area contributed by atoms with E-state index in [0.717, 1.165) is 44.8 Å². The average Bonchev–Trinajstić information content (AvgIpc) is 3.26. The normalized spacial score (nSPS) is 11.4. The van der Waals surface area contributed by atoms with Crippen molar-refractivity contribution in [3.05, 3.63) is 102 Å². The first-order valence-electron chi connectivity index (χ1n) is 9.68. The minimum atomic E-state index is -0.296. The van der Waals surface area contributed by atoms with Crippen LogP contribution in [0.15, 0.2) is 73.4 Å². The van der Waals surface area contributed by atoms with Crippen LogP contribution in [0.25, 0.3) is 34.0 Å². The first-order chi connectivity index (χ1) is 14.5. The largest absolute Gasteiger partial charge is 0.335 e. The average molecular weight is 399 g/mol. The van der Waals surface area contributed by atoms with Crippen LogP contribution in [0.3, 0.4) is 0 Å². The summed E-state index contributed by atoms with van der Waals surface area (Å²) in [6.07, 6.45) is 3.77. The molecule has 0 saturated carbocycles. The number of imidazole rings is 1. The number of halogens is 2. The topological polar surface area (TPSA) is 22.2 Å². The molecule has 3 nitrogen and oxygen atoms in total. The fourth-order valence-corrected chi connectivity index (χ4v) is 3.92. The fraction of sp³-hybridized carbons (Fsp3) is 0.0800. The summed E-state index contributed by atoms with van der Waals surface area (Å²) >= 11 is 0. The van der Waals surface area contributed by atoms with Crippen LogP contribution in [0.1, 0.15) is 16.8 Å². The monoisotopic (exact) mass is 399 g/mol. The number of rotatable bonds is 4. The van der Waals surface area contributed by atoms with Crippen LogP contribution in [-0.4, -0.2) is 14.0 Å². The van der Waals surface area contributed by atoms with Crippen LogP contribution in [0.4, 0.5) is 8.78 Å². The highest BCUT2D eigenvalue weighted by molar-refractivity contribution is 5.87. The predicted molar refractivity (Wildman–Crippen MR) is 116 cm³/mol. The molecule has 148 valence electrons. The van der Waals surface area contributed by atoms with Gasteiger partial charge in [-0.3, -0.25) is 0 Å². The van der Waals surface area contributed by atoms with E-state index in [-0.39, 0.29) is 11.6 Å². The molecule has 5 heteroatoms. The Morgan fingerprint density at radius 2 is 1.73 bits per heavy atom. The number of nitrogens with zero attached hydrogens (tertiary/aromatic N) is 3. The molecule has 30 heavy (non-hydrogen) atoms. The molecule has 3 heterocycles. The lowest BCUT2D eigenvalue weighted by Crippen LogP contribution is -2.03. The first-order valence-corrected chi connectivity index (χ1v) is 9.68. The smallest absolute Gasteiger partial charge is 0.138 e. The number of aryl methyl sites for hydroxylation is 1. The zero-order chi connectivity index (χ0) is 20.8. The number of hydrogen-bond donors (Lipinski definition) is 0. The molecule has 5 aromatic rings. The number of aromatic nitrogens is 3. The summed E-state index contributed by atoms with van der Waals surface area (Å²) in [6.45, 7) is 6.32. The second kappa shape index (κ2) is 6.95. The van der Waals surface area contributed by atoms with E-state index in [1.54, 1.807) is 24.3 Å². The van der Waals surface area contributed by atoms with Crippen LogP contribution in [0.2, 0.25) is 0 Å². The van der Waals surface area contributed by atoms with E-state index in [9.17, 15) is 8.78 Å². The summed E-state index contributed by atoms with van der Waals surface area (Å²) in [6, 6.07) is 17.1. The fourth-order valence-electron chi connectivity index (χ4n) is 3.92. The van der Waals surface area contributed by atoms with Gasteiger partial charge in [0.15, 0.2) is 0 Å². The highest BCUT2D eigenvalue weighted by Gasteiger charge is 2.18. The van der Waals surface area contributed by atoms with Crippen molar-refractivity contribution in [3.63, 3.8) is 0 Å². The highest BCUT2D eigenvalue weighted by Crippen LogP contribution is 2.32. The number of hydrogen-bond acceptors (Lipinski definition) is 1. The van der Waals surface area contributed by atoms with Gasteiger partial charge in [-0.25, -0.2) is 13.8 Å². The third kappa shape index (κ3) is 2.99. The molecule has 0 unspecified atom stereocenters. The van der Waals surface area contributed by atoms with Gasteiger partial charge >= 0.3 is 0 Å². The van der Waals surface area contributed by atoms with Crippen molar-refractivity contribution >= 4 is 22.6 Å². The van der Waals surface area contributed by atoms with Crippen LogP contribution >= 0.6 is 0 Å². The van der Waals surface area contributed by atoms with Crippen LogP contribution in [0, 0.1) is 18.6 Å². The summed E-state index contributed by atoms with van der Waals surface area (Å²) in [5.41, 5.74) is 6.23. The molecule has 0 amide bonds. The molecule has 0 bridgehead atoms. The minimum absolute atomic E-state index is 0.281. The van der Waals surface area contributed by atoms with Crippen LogP contribution in [-0.2, 0) is 6.54 Å². The van der Waals surface area contributed by atoms with Crippen LogP contribution < -0.4 is 0 Å². The molecule has 5 rings (SSSR count). The molecule has 0 spiro atoms. The molecular weight excluding hydrogens is 380 g/mol. The van der Waals surface area contributed by atoms with Gasteiger partial charge in [-0.05, 0) is 66.6 Å². The van der Waals surface area contributed by atoms with E-state index in [1.165, 1.54) is 24.3 Å². The van der Waals surface area contributed by atoms with Crippen molar-refractivity contribution < 1.29 is 8.78 Å². The molecular formula is C25H19F2N3. The summed E-state index contributed by atoms with van der Waals surface area (Å²) < 4.78 is 31.5. The summed E-state index contributed by atoms with van der Waals surface area (Å²) in [5.74, 6) is -0.577. The van der Waals surface area contributed by atoms with Crippen molar-refractivity contribution in [2.45, 2.75) is 13.5 Å². The molecule has 0 fully saturated rings. The first kappa shape index (κ1) is 18.3. The summed E-state index contributed by atoms with van der Waals surface area (Å²) in [5, 5.41) is 0.928. The number of benzene rings is 2. The van der Waals surface area contributed by atoms with Crippen molar-refractivity contribution in [1.29, 1.82) is 0 Å². The number of pyridine rings is 1.